The Kier molecular flexibility index (Phi) is 6.18. The zero-order chi connectivity index (χ0) is 21.6. The van der Waals surface area contributed by atoms with Gasteiger partial charge in [-0.05, 0) is 54.8 Å². The summed E-state index contributed by atoms with van der Waals surface area (Å²) in [6, 6.07) is 24.7. The van der Waals surface area contributed by atoms with Crippen molar-refractivity contribution < 1.29 is 14.3 Å². The van der Waals surface area contributed by atoms with Gasteiger partial charge in [-0.2, -0.15) is 5.26 Å². The highest BCUT2D eigenvalue weighted by molar-refractivity contribution is 5.95. The van der Waals surface area contributed by atoms with Crippen molar-refractivity contribution in [2.75, 3.05) is 13.7 Å². The molecule has 0 spiro atoms. The summed E-state index contributed by atoms with van der Waals surface area (Å²) >= 11 is 0. The van der Waals surface area contributed by atoms with E-state index in [-0.39, 0.29) is 18.6 Å². The zero-order valence-electron chi connectivity index (χ0n) is 17.5. The largest absolute Gasteiger partial charge is 0.497 e. The van der Waals surface area contributed by atoms with Gasteiger partial charge in [0.15, 0.2) is 0 Å². The minimum absolute atomic E-state index is 0.00630. The first-order valence-electron chi connectivity index (χ1n) is 10.4. The number of nitrogens with zero attached hydrogens (tertiary/aromatic N) is 2. The van der Waals surface area contributed by atoms with E-state index in [1.165, 1.54) is 0 Å². The second-order valence-electron chi connectivity index (χ2n) is 7.52. The normalized spacial score (nSPS) is 15.4. The predicted molar refractivity (Wildman–Crippen MR) is 118 cm³/mol. The maximum Gasteiger partial charge on any atom is 0.254 e. The van der Waals surface area contributed by atoms with Crippen molar-refractivity contribution in [3.05, 3.63) is 95.1 Å². The van der Waals surface area contributed by atoms with E-state index in [4.69, 9.17) is 9.47 Å². The molecule has 0 saturated carbocycles. The molecule has 156 valence electrons. The van der Waals surface area contributed by atoms with Crippen LogP contribution in [0.15, 0.2) is 72.8 Å². The molecule has 0 N–H and O–H groups in total. The van der Waals surface area contributed by atoms with Gasteiger partial charge in [0, 0.05) is 17.7 Å². The maximum atomic E-state index is 13.3. The van der Waals surface area contributed by atoms with Crippen molar-refractivity contribution in [1.29, 1.82) is 5.26 Å². The quantitative estimate of drug-likeness (QED) is 0.564. The molecule has 3 aromatic carbocycles. The molecule has 0 radical (unpaired) electrons. The van der Waals surface area contributed by atoms with Crippen molar-refractivity contribution >= 4 is 5.91 Å². The summed E-state index contributed by atoms with van der Waals surface area (Å²) in [6.45, 7) is 0.999. The van der Waals surface area contributed by atoms with E-state index < -0.39 is 0 Å². The lowest BCUT2D eigenvalue weighted by Crippen LogP contribution is -2.30. The van der Waals surface area contributed by atoms with Crippen molar-refractivity contribution in [1.82, 2.24) is 4.90 Å². The third kappa shape index (κ3) is 4.54. The van der Waals surface area contributed by atoms with Gasteiger partial charge in [-0.15, -0.1) is 0 Å². The number of nitriles is 1. The molecule has 1 fully saturated rings. The zero-order valence-corrected chi connectivity index (χ0v) is 17.5. The molecule has 3 aromatic rings. The molecule has 1 saturated heterocycles. The van der Waals surface area contributed by atoms with Gasteiger partial charge in [0.05, 0.1) is 24.8 Å². The predicted octanol–water partition coefficient (Wildman–Crippen LogP) is 5.12. The fourth-order valence-corrected chi connectivity index (χ4v) is 4.01. The summed E-state index contributed by atoms with van der Waals surface area (Å²) in [5, 5.41) is 9.24. The monoisotopic (exact) mass is 412 g/mol. The average molecular weight is 412 g/mol. The van der Waals surface area contributed by atoms with Gasteiger partial charge < -0.3 is 14.4 Å². The SMILES string of the molecule is COc1cccc(C2CCCN2C(=O)c2cccc(OCc3ccccc3C#N)c2)c1. The smallest absolute Gasteiger partial charge is 0.254 e. The van der Waals surface area contributed by atoms with Crippen LogP contribution >= 0.6 is 0 Å². The minimum Gasteiger partial charge on any atom is -0.497 e. The molecule has 1 heterocycles. The van der Waals surface area contributed by atoms with Crippen molar-refractivity contribution in [2.45, 2.75) is 25.5 Å². The van der Waals surface area contributed by atoms with Crippen LogP contribution in [-0.2, 0) is 6.61 Å². The van der Waals surface area contributed by atoms with Gasteiger partial charge in [0.25, 0.3) is 5.91 Å². The van der Waals surface area contributed by atoms with Gasteiger partial charge in [-0.25, -0.2) is 0 Å². The number of rotatable bonds is 6. The summed E-state index contributed by atoms with van der Waals surface area (Å²) in [6.07, 6.45) is 1.90. The standard InChI is InChI=1S/C26H24N2O3/c1-30-23-11-4-9-19(15-23)25-13-6-14-28(25)26(29)20-10-5-12-24(16-20)31-18-22-8-3-2-7-21(22)17-27/h2-5,7-12,15-16,25H,6,13-14,18H2,1H3. The Labute approximate surface area is 182 Å². The van der Waals surface area contributed by atoms with E-state index in [9.17, 15) is 10.1 Å². The van der Waals surface area contributed by atoms with Crippen LogP contribution in [0.2, 0.25) is 0 Å². The lowest BCUT2D eigenvalue weighted by molar-refractivity contribution is 0.0735. The number of hydrogen-bond acceptors (Lipinski definition) is 4. The number of carbonyl (C=O) groups is 1. The first-order chi connectivity index (χ1) is 15.2. The van der Waals surface area contributed by atoms with Crippen LogP contribution < -0.4 is 9.47 Å². The second kappa shape index (κ2) is 9.36. The van der Waals surface area contributed by atoms with Crippen LogP contribution in [0.5, 0.6) is 11.5 Å². The molecule has 5 nitrogen and oxygen atoms in total. The van der Waals surface area contributed by atoms with Crippen LogP contribution in [0.25, 0.3) is 0 Å². The van der Waals surface area contributed by atoms with Crippen LogP contribution in [0, 0.1) is 11.3 Å². The molecule has 1 atom stereocenters. The Morgan fingerprint density at radius 1 is 1.06 bits per heavy atom. The Bertz CT molecular complexity index is 1120. The van der Waals surface area contributed by atoms with Gasteiger partial charge in [-0.3, -0.25) is 4.79 Å². The Morgan fingerprint density at radius 3 is 2.71 bits per heavy atom. The second-order valence-corrected chi connectivity index (χ2v) is 7.52. The van der Waals surface area contributed by atoms with Crippen molar-refractivity contribution in [2.24, 2.45) is 0 Å². The third-order valence-electron chi connectivity index (χ3n) is 5.61. The van der Waals surface area contributed by atoms with Crippen LogP contribution in [0.1, 0.15) is 45.9 Å². The molecular weight excluding hydrogens is 388 g/mol. The lowest BCUT2D eigenvalue weighted by atomic mass is 10.0. The highest BCUT2D eigenvalue weighted by atomic mass is 16.5. The number of carbonyl (C=O) groups excluding carboxylic acids is 1. The fourth-order valence-electron chi connectivity index (χ4n) is 4.01. The average Bonchev–Trinajstić information content (AvgIpc) is 3.32. The Morgan fingerprint density at radius 2 is 1.87 bits per heavy atom. The molecule has 1 unspecified atom stereocenters. The first kappa shape index (κ1) is 20.5. The fraction of sp³-hybridized carbons (Fsp3) is 0.231. The molecule has 0 bridgehead atoms. The molecule has 31 heavy (non-hydrogen) atoms. The summed E-state index contributed by atoms with van der Waals surface area (Å²) in [5.74, 6) is 1.40. The molecule has 5 heteroatoms. The lowest BCUT2D eigenvalue weighted by Gasteiger charge is -2.25. The van der Waals surface area contributed by atoms with Crippen molar-refractivity contribution in [3.63, 3.8) is 0 Å². The molecule has 4 rings (SSSR count). The molecule has 0 aromatic heterocycles. The molecular formula is C26H24N2O3. The van der Waals surface area contributed by atoms with Crippen LogP contribution in [0.4, 0.5) is 0 Å². The summed E-state index contributed by atoms with van der Waals surface area (Å²) in [5.41, 5.74) is 3.10. The van der Waals surface area contributed by atoms with E-state index in [0.717, 1.165) is 36.3 Å². The number of benzene rings is 3. The number of hydrogen-bond donors (Lipinski definition) is 0. The third-order valence-corrected chi connectivity index (χ3v) is 5.61. The van der Waals surface area contributed by atoms with Crippen molar-refractivity contribution in [3.8, 4) is 17.6 Å². The maximum absolute atomic E-state index is 13.3. The van der Waals surface area contributed by atoms with Crippen LogP contribution in [-0.4, -0.2) is 24.5 Å². The van der Waals surface area contributed by atoms with Gasteiger partial charge in [0.1, 0.15) is 18.1 Å². The topological polar surface area (TPSA) is 62.6 Å². The van der Waals surface area contributed by atoms with E-state index in [2.05, 4.69) is 6.07 Å². The molecule has 1 aliphatic heterocycles. The van der Waals surface area contributed by atoms with Crippen LogP contribution in [0.3, 0.4) is 0 Å². The summed E-state index contributed by atoms with van der Waals surface area (Å²) < 4.78 is 11.2. The molecule has 1 amide bonds. The minimum atomic E-state index is -0.00630. The van der Waals surface area contributed by atoms with Gasteiger partial charge in [-0.1, -0.05) is 36.4 Å². The first-order valence-corrected chi connectivity index (χ1v) is 10.4. The van der Waals surface area contributed by atoms with Gasteiger partial charge >= 0.3 is 0 Å². The Hall–Kier alpha value is -3.78. The number of ether oxygens (including phenoxy) is 2. The highest BCUT2D eigenvalue weighted by Gasteiger charge is 2.31. The van der Waals surface area contributed by atoms with E-state index in [1.54, 1.807) is 19.2 Å². The van der Waals surface area contributed by atoms with E-state index in [1.807, 2.05) is 65.6 Å². The summed E-state index contributed by atoms with van der Waals surface area (Å²) in [7, 11) is 1.65. The number of methoxy groups -OCH3 is 1. The van der Waals surface area contributed by atoms with Gasteiger partial charge in [0.2, 0.25) is 0 Å². The number of amides is 1. The Balaban J connectivity index is 1.50. The van der Waals surface area contributed by atoms with E-state index in [0.29, 0.717) is 16.9 Å². The molecule has 0 aliphatic carbocycles. The summed E-state index contributed by atoms with van der Waals surface area (Å²) in [4.78, 5) is 15.2. The highest BCUT2D eigenvalue weighted by Crippen LogP contribution is 2.34. The van der Waals surface area contributed by atoms with E-state index >= 15 is 0 Å². The molecule has 1 aliphatic rings. The number of likely N-dealkylation sites (tertiary alicyclic amines) is 1.